The fourth-order valence-corrected chi connectivity index (χ4v) is 7.10. The van der Waals surface area contributed by atoms with Gasteiger partial charge in [-0.15, -0.1) is 0 Å². The molecule has 0 spiro atoms. The monoisotopic (exact) mass is 727 g/mol. The van der Waals surface area contributed by atoms with Crippen molar-refractivity contribution >= 4 is 11.8 Å². The highest BCUT2D eigenvalue weighted by Crippen LogP contribution is 2.22. The molecule has 1 aromatic rings. The number of hydrogen-bond donors (Lipinski definition) is 2. The van der Waals surface area contributed by atoms with E-state index in [0.29, 0.717) is 36.6 Å². The van der Waals surface area contributed by atoms with Crippen LogP contribution in [0.25, 0.3) is 0 Å². The average Bonchev–Trinajstić information content (AvgIpc) is 3.15. The number of hydrogen-bond acceptors (Lipinski definition) is 3. The first kappa shape index (κ1) is 48.0. The van der Waals surface area contributed by atoms with Crippen LogP contribution in [0.15, 0.2) is 18.2 Å². The van der Waals surface area contributed by atoms with Crippen LogP contribution >= 0.6 is 0 Å². The predicted octanol–water partition coefficient (Wildman–Crippen LogP) is 14.5. The fourth-order valence-electron chi connectivity index (χ4n) is 7.10. The molecule has 0 aliphatic carbocycles. The third kappa shape index (κ3) is 28.5. The number of carbonyl (C=O) groups excluding carboxylic acids is 2. The SMILES string of the molecule is CCCCCCCCCCCCCCCCCOc1cc(C(=O)NCCCCCCCCCCC)ccc1C(=O)NCCCCCCCCCCC. The molecule has 0 aliphatic rings. The van der Waals surface area contributed by atoms with Crippen molar-refractivity contribution in [2.24, 2.45) is 0 Å². The second kappa shape index (κ2) is 37.3. The Hall–Kier alpha value is -2.04. The molecule has 2 amide bonds. The molecule has 0 fully saturated rings. The summed E-state index contributed by atoms with van der Waals surface area (Å²) in [4.78, 5) is 26.3. The second-order valence-electron chi connectivity index (χ2n) is 15.7. The third-order valence-corrected chi connectivity index (χ3v) is 10.6. The van der Waals surface area contributed by atoms with E-state index in [0.717, 1.165) is 38.5 Å². The van der Waals surface area contributed by atoms with Gasteiger partial charge in [-0.05, 0) is 37.5 Å². The molecule has 302 valence electrons. The molecule has 0 saturated carbocycles. The first-order valence-corrected chi connectivity index (χ1v) is 23.0. The number of rotatable bonds is 39. The van der Waals surface area contributed by atoms with E-state index in [9.17, 15) is 9.59 Å². The van der Waals surface area contributed by atoms with Crippen LogP contribution in [0.5, 0.6) is 5.75 Å². The molecule has 5 heteroatoms. The van der Waals surface area contributed by atoms with Crippen molar-refractivity contribution in [2.75, 3.05) is 19.7 Å². The first-order valence-electron chi connectivity index (χ1n) is 23.0. The quantitative estimate of drug-likeness (QED) is 0.0664. The molecular formula is C47H86N2O3. The van der Waals surface area contributed by atoms with E-state index in [2.05, 4.69) is 31.4 Å². The number of ether oxygens (including phenoxy) is 1. The molecule has 1 rings (SSSR count). The van der Waals surface area contributed by atoms with Gasteiger partial charge in [0.15, 0.2) is 0 Å². The number of unbranched alkanes of at least 4 members (excludes halogenated alkanes) is 30. The van der Waals surface area contributed by atoms with Crippen LogP contribution in [-0.4, -0.2) is 31.5 Å². The topological polar surface area (TPSA) is 67.4 Å². The standard InChI is InChI=1S/C47H86N2O3/c1-4-7-10-13-16-19-20-21-22-23-24-27-30-33-36-41-52-45-42-43(46(50)48-39-34-31-28-25-17-14-11-8-5-2)37-38-44(45)47(51)49-40-35-32-29-26-18-15-12-9-6-3/h37-38,42H,4-36,39-41H2,1-3H3,(H,48,50)(H,49,51). The van der Waals surface area contributed by atoms with Crippen LogP contribution < -0.4 is 15.4 Å². The maximum atomic E-state index is 13.2. The van der Waals surface area contributed by atoms with Gasteiger partial charge in [-0.1, -0.05) is 213 Å². The number of nitrogens with one attached hydrogen (secondary N) is 2. The van der Waals surface area contributed by atoms with E-state index in [-0.39, 0.29) is 11.8 Å². The molecule has 0 saturated heterocycles. The van der Waals surface area contributed by atoms with Gasteiger partial charge in [-0.3, -0.25) is 9.59 Å². The highest BCUT2D eigenvalue weighted by molar-refractivity contribution is 6.00. The largest absolute Gasteiger partial charge is 0.493 e. The number of carbonyl (C=O) groups is 2. The van der Waals surface area contributed by atoms with Crippen molar-refractivity contribution < 1.29 is 14.3 Å². The fraction of sp³-hybridized carbons (Fsp3) is 0.830. The summed E-state index contributed by atoms with van der Waals surface area (Å²) in [5, 5.41) is 6.21. The molecule has 2 N–H and O–H groups in total. The van der Waals surface area contributed by atoms with E-state index in [1.807, 2.05) is 0 Å². The highest BCUT2D eigenvalue weighted by atomic mass is 16.5. The van der Waals surface area contributed by atoms with E-state index in [1.165, 1.54) is 173 Å². The Morgan fingerprint density at radius 1 is 0.423 bits per heavy atom. The zero-order valence-corrected chi connectivity index (χ0v) is 34.9. The van der Waals surface area contributed by atoms with Gasteiger partial charge in [0.2, 0.25) is 0 Å². The molecule has 0 aliphatic heterocycles. The normalized spacial score (nSPS) is 11.2. The van der Waals surface area contributed by atoms with Crippen molar-refractivity contribution in [3.8, 4) is 5.75 Å². The van der Waals surface area contributed by atoms with Crippen LogP contribution in [0.3, 0.4) is 0 Å². The van der Waals surface area contributed by atoms with Gasteiger partial charge in [-0.2, -0.15) is 0 Å². The summed E-state index contributed by atoms with van der Waals surface area (Å²) in [5.41, 5.74) is 1.10. The maximum absolute atomic E-state index is 13.2. The van der Waals surface area contributed by atoms with Gasteiger partial charge in [-0.25, -0.2) is 0 Å². The van der Waals surface area contributed by atoms with Crippen LogP contribution in [0.1, 0.15) is 253 Å². The summed E-state index contributed by atoms with van der Waals surface area (Å²) in [5.74, 6) is 0.344. The molecule has 0 bridgehead atoms. The second-order valence-corrected chi connectivity index (χ2v) is 15.7. The zero-order valence-electron chi connectivity index (χ0n) is 34.9. The lowest BCUT2D eigenvalue weighted by atomic mass is 10.0. The minimum absolute atomic E-state index is 0.0851. The molecular weight excluding hydrogens is 641 g/mol. The summed E-state index contributed by atoms with van der Waals surface area (Å²) in [6, 6.07) is 5.34. The minimum Gasteiger partial charge on any atom is -0.493 e. The Labute approximate surface area is 323 Å². The van der Waals surface area contributed by atoms with E-state index < -0.39 is 0 Å². The van der Waals surface area contributed by atoms with Crippen molar-refractivity contribution in [1.29, 1.82) is 0 Å². The summed E-state index contributed by atoms with van der Waals surface area (Å²) >= 11 is 0. The van der Waals surface area contributed by atoms with Crippen molar-refractivity contribution in [2.45, 2.75) is 233 Å². The van der Waals surface area contributed by atoms with Gasteiger partial charge in [0, 0.05) is 18.7 Å². The van der Waals surface area contributed by atoms with Crippen LogP contribution in [-0.2, 0) is 0 Å². The highest BCUT2D eigenvalue weighted by Gasteiger charge is 2.16. The van der Waals surface area contributed by atoms with Gasteiger partial charge >= 0.3 is 0 Å². The van der Waals surface area contributed by atoms with E-state index in [4.69, 9.17) is 4.74 Å². The summed E-state index contributed by atoms with van der Waals surface area (Å²) in [7, 11) is 0. The molecule has 1 aromatic carbocycles. The van der Waals surface area contributed by atoms with Gasteiger partial charge in [0.1, 0.15) is 5.75 Å². The number of benzene rings is 1. The van der Waals surface area contributed by atoms with Crippen molar-refractivity contribution in [3.05, 3.63) is 29.3 Å². The van der Waals surface area contributed by atoms with Crippen LogP contribution in [0.4, 0.5) is 0 Å². The van der Waals surface area contributed by atoms with Crippen molar-refractivity contribution in [3.63, 3.8) is 0 Å². The molecule has 0 atom stereocenters. The predicted molar refractivity (Wildman–Crippen MR) is 226 cm³/mol. The smallest absolute Gasteiger partial charge is 0.255 e. The molecule has 0 aromatic heterocycles. The summed E-state index contributed by atoms with van der Waals surface area (Å²) < 4.78 is 6.23. The Morgan fingerprint density at radius 3 is 1.13 bits per heavy atom. The van der Waals surface area contributed by atoms with Gasteiger partial charge < -0.3 is 15.4 Å². The molecule has 0 radical (unpaired) electrons. The molecule has 0 unspecified atom stereocenters. The van der Waals surface area contributed by atoms with E-state index in [1.54, 1.807) is 18.2 Å². The lowest BCUT2D eigenvalue weighted by Crippen LogP contribution is -2.26. The molecule has 52 heavy (non-hydrogen) atoms. The maximum Gasteiger partial charge on any atom is 0.255 e. The van der Waals surface area contributed by atoms with Crippen molar-refractivity contribution in [1.82, 2.24) is 10.6 Å². The third-order valence-electron chi connectivity index (χ3n) is 10.6. The Kier molecular flexibility index (Phi) is 34.4. The van der Waals surface area contributed by atoms with Gasteiger partial charge in [0.05, 0.1) is 12.2 Å². The lowest BCUT2D eigenvalue weighted by molar-refractivity contribution is 0.0937. The van der Waals surface area contributed by atoms with Crippen LogP contribution in [0.2, 0.25) is 0 Å². The summed E-state index contributed by atoms with van der Waals surface area (Å²) in [6.07, 6.45) is 42.6. The first-order chi connectivity index (χ1) is 25.6. The zero-order chi connectivity index (χ0) is 37.6. The average molecular weight is 727 g/mol. The number of amides is 2. The Balaban J connectivity index is 2.44. The van der Waals surface area contributed by atoms with Crippen LogP contribution in [0, 0.1) is 0 Å². The van der Waals surface area contributed by atoms with E-state index >= 15 is 0 Å². The van der Waals surface area contributed by atoms with Gasteiger partial charge in [0.25, 0.3) is 11.8 Å². The summed E-state index contributed by atoms with van der Waals surface area (Å²) in [6.45, 7) is 8.73. The molecule has 5 nitrogen and oxygen atoms in total. The molecule has 0 heterocycles. The minimum atomic E-state index is -0.104. The Morgan fingerprint density at radius 2 is 0.750 bits per heavy atom. The Bertz CT molecular complexity index is 949. The lowest BCUT2D eigenvalue weighted by Gasteiger charge is -2.14.